The van der Waals surface area contributed by atoms with E-state index in [0.717, 1.165) is 0 Å². The van der Waals surface area contributed by atoms with Gasteiger partial charge in [-0.3, -0.25) is 0 Å². The topological polar surface area (TPSA) is 97.1 Å². The third-order valence-corrected chi connectivity index (χ3v) is 5.10. The second-order valence-corrected chi connectivity index (χ2v) is 7.39. The van der Waals surface area contributed by atoms with Gasteiger partial charge in [0.2, 0.25) is 15.9 Å². The number of aromatic nitrogens is 2. The minimum atomic E-state index is -3.69. The Balaban J connectivity index is 0.00000288. The molecule has 2 atom stereocenters. The van der Waals surface area contributed by atoms with Gasteiger partial charge in [-0.2, -0.15) is 9.71 Å². The van der Waals surface area contributed by atoms with Gasteiger partial charge >= 0.3 is 0 Å². The lowest BCUT2D eigenvalue weighted by Crippen LogP contribution is -2.27. The van der Waals surface area contributed by atoms with Crippen molar-refractivity contribution in [2.45, 2.75) is 37.2 Å². The van der Waals surface area contributed by atoms with Crippen LogP contribution in [0.5, 0.6) is 0 Å². The second kappa shape index (κ2) is 8.77. The Labute approximate surface area is 152 Å². The van der Waals surface area contributed by atoms with Crippen LogP contribution in [0.4, 0.5) is 0 Å². The summed E-state index contributed by atoms with van der Waals surface area (Å²) in [5.41, 5.74) is 0. The van der Waals surface area contributed by atoms with Gasteiger partial charge < -0.3 is 9.84 Å². The Kier molecular flexibility index (Phi) is 7.62. The highest BCUT2D eigenvalue weighted by molar-refractivity contribution is 7.89. The highest BCUT2D eigenvalue weighted by Gasteiger charge is 2.22. The van der Waals surface area contributed by atoms with E-state index in [2.05, 4.69) is 20.2 Å². The predicted octanol–water partition coefficient (Wildman–Crippen LogP) is 2.33. The monoisotopic (exact) mass is 394 g/mol. The van der Waals surface area contributed by atoms with E-state index in [-0.39, 0.29) is 29.2 Å². The molecule has 2 unspecified atom stereocenters. The fourth-order valence-electron chi connectivity index (χ4n) is 1.87. The normalized spacial score (nSPS) is 14.0. The van der Waals surface area contributed by atoms with Gasteiger partial charge in [-0.15, -0.1) is 12.4 Å². The van der Waals surface area contributed by atoms with Gasteiger partial charge in [-0.25, -0.2) is 8.42 Å². The highest BCUT2D eigenvalue weighted by Crippen LogP contribution is 2.18. The van der Waals surface area contributed by atoms with Crippen molar-refractivity contribution in [1.29, 1.82) is 0 Å². The van der Waals surface area contributed by atoms with Gasteiger partial charge in [0.1, 0.15) is 0 Å². The largest absolute Gasteiger partial charge is 0.338 e. The zero-order valence-electron chi connectivity index (χ0n) is 13.5. The Hall–Kier alpha value is -1.19. The summed E-state index contributed by atoms with van der Waals surface area (Å²) in [4.78, 5) is 4.35. The summed E-state index contributed by atoms with van der Waals surface area (Å²) in [5.74, 6) is 0.750. The number of nitrogens with one attached hydrogen (secondary N) is 2. The molecule has 0 saturated heterocycles. The maximum Gasteiger partial charge on any atom is 0.244 e. The first-order chi connectivity index (χ1) is 10.8. The lowest BCUT2D eigenvalue weighted by atomic mass is 10.2. The summed E-state index contributed by atoms with van der Waals surface area (Å²) in [6.07, 6.45) is 0.594. The van der Waals surface area contributed by atoms with Crippen LogP contribution in [0.15, 0.2) is 33.7 Å². The van der Waals surface area contributed by atoms with Crippen molar-refractivity contribution < 1.29 is 12.9 Å². The molecule has 0 aliphatic rings. The van der Waals surface area contributed by atoms with E-state index in [1.165, 1.54) is 24.3 Å². The SMILES string of the molecule is CNC(C)Cc1noc(C(C)NS(=O)(=O)c2ccc(Cl)cc2)n1.Cl. The van der Waals surface area contributed by atoms with Crippen molar-refractivity contribution in [3.05, 3.63) is 41.0 Å². The van der Waals surface area contributed by atoms with Crippen LogP contribution in [0.1, 0.15) is 31.6 Å². The molecule has 134 valence electrons. The maximum atomic E-state index is 12.3. The first-order valence-electron chi connectivity index (χ1n) is 7.09. The molecule has 0 saturated carbocycles. The fourth-order valence-corrected chi connectivity index (χ4v) is 3.19. The standard InChI is InChI=1S/C14H19ClN4O3S.ClH/c1-9(16-3)8-13-17-14(22-18-13)10(2)19-23(20,21)12-6-4-11(15)5-7-12;/h4-7,9-10,16,19H,8H2,1-3H3;1H. The Bertz CT molecular complexity index is 750. The van der Waals surface area contributed by atoms with E-state index in [1.54, 1.807) is 6.92 Å². The van der Waals surface area contributed by atoms with E-state index >= 15 is 0 Å². The van der Waals surface area contributed by atoms with E-state index in [1.807, 2.05) is 14.0 Å². The van der Waals surface area contributed by atoms with Gasteiger partial charge in [-0.1, -0.05) is 16.8 Å². The zero-order chi connectivity index (χ0) is 17.0. The zero-order valence-corrected chi connectivity index (χ0v) is 15.9. The number of rotatable bonds is 7. The molecule has 0 aliphatic heterocycles. The lowest BCUT2D eigenvalue weighted by molar-refractivity contribution is 0.348. The Morgan fingerprint density at radius 2 is 1.88 bits per heavy atom. The summed E-state index contributed by atoms with van der Waals surface area (Å²) < 4.78 is 32.3. The molecule has 0 fully saturated rings. The van der Waals surface area contributed by atoms with Crippen LogP contribution >= 0.6 is 24.0 Å². The molecule has 0 spiro atoms. The van der Waals surface area contributed by atoms with Gasteiger partial charge in [0.15, 0.2) is 5.82 Å². The smallest absolute Gasteiger partial charge is 0.244 e. The molecule has 2 N–H and O–H groups in total. The molecule has 10 heteroatoms. The third-order valence-electron chi connectivity index (χ3n) is 3.29. The van der Waals surface area contributed by atoms with Crippen molar-refractivity contribution in [2.24, 2.45) is 0 Å². The molecule has 0 aliphatic carbocycles. The number of halogens is 2. The number of hydrogen-bond acceptors (Lipinski definition) is 6. The summed E-state index contributed by atoms with van der Waals surface area (Å²) in [6, 6.07) is 5.47. The van der Waals surface area contributed by atoms with Crippen molar-refractivity contribution >= 4 is 34.0 Å². The number of sulfonamides is 1. The molecule has 2 aromatic rings. The molecule has 7 nitrogen and oxygen atoms in total. The number of benzene rings is 1. The first-order valence-corrected chi connectivity index (χ1v) is 8.95. The lowest BCUT2D eigenvalue weighted by Gasteiger charge is -2.10. The Morgan fingerprint density at radius 1 is 1.25 bits per heavy atom. The summed E-state index contributed by atoms with van der Waals surface area (Å²) in [5, 5.41) is 7.40. The van der Waals surface area contributed by atoms with Gasteiger partial charge in [-0.05, 0) is 45.2 Å². The Morgan fingerprint density at radius 3 is 2.46 bits per heavy atom. The molecule has 0 radical (unpaired) electrons. The van der Waals surface area contributed by atoms with E-state index in [9.17, 15) is 8.42 Å². The van der Waals surface area contributed by atoms with Crippen LogP contribution in [0.2, 0.25) is 5.02 Å². The molecule has 24 heavy (non-hydrogen) atoms. The van der Waals surface area contributed by atoms with E-state index in [4.69, 9.17) is 16.1 Å². The van der Waals surface area contributed by atoms with E-state index < -0.39 is 16.1 Å². The molecular weight excluding hydrogens is 375 g/mol. The average Bonchev–Trinajstić information content (AvgIpc) is 2.95. The highest BCUT2D eigenvalue weighted by atomic mass is 35.5. The summed E-state index contributed by atoms with van der Waals surface area (Å²) >= 11 is 5.77. The maximum absolute atomic E-state index is 12.3. The number of nitrogens with zero attached hydrogens (tertiary/aromatic N) is 2. The summed E-state index contributed by atoms with van der Waals surface area (Å²) in [6.45, 7) is 3.63. The van der Waals surface area contributed by atoms with Crippen LogP contribution in [-0.2, 0) is 16.4 Å². The molecule has 1 aromatic heterocycles. The van der Waals surface area contributed by atoms with Gasteiger partial charge in [0, 0.05) is 17.5 Å². The molecule has 1 aromatic carbocycles. The molecule has 0 amide bonds. The van der Waals surface area contributed by atoms with Crippen molar-refractivity contribution in [2.75, 3.05) is 7.05 Å². The van der Waals surface area contributed by atoms with Crippen molar-refractivity contribution in [3.8, 4) is 0 Å². The first kappa shape index (κ1) is 20.9. The van der Waals surface area contributed by atoms with Gasteiger partial charge in [0.05, 0.1) is 10.9 Å². The van der Waals surface area contributed by atoms with Crippen LogP contribution in [-0.4, -0.2) is 31.6 Å². The van der Waals surface area contributed by atoms with Crippen molar-refractivity contribution in [1.82, 2.24) is 20.2 Å². The van der Waals surface area contributed by atoms with Crippen LogP contribution in [0.3, 0.4) is 0 Å². The molecule has 0 bridgehead atoms. The molecule has 1 heterocycles. The second-order valence-electron chi connectivity index (χ2n) is 5.24. The van der Waals surface area contributed by atoms with Gasteiger partial charge in [0.25, 0.3) is 0 Å². The van der Waals surface area contributed by atoms with Crippen molar-refractivity contribution in [3.63, 3.8) is 0 Å². The van der Waals surface area contributed by atoms with Crippen LogP contribution in [0, 0.1) is 0 Å². The number of likely N-dealkylation sites (N-methyl/N-ethyl adjacent to an activating group) is 1. The molecular formula is C14H20Cl2N4O3S. The minimum absolute atomic E-state index is 0. The van der Waals surface area contributed by atoms with Crippen LogP contribution < -0.4 is 10.0 Å². The quantitative estimate of drug-likeness (QED) is 0.747. The van der Waals surface area contributed by atoms with E-state index in [0.29, 0.717) is 17.3 Å². The minimum Gasteiger partial charge on any atom is -0.338 e. The fraction of sp³-hybridized carbons (Fsp3) is 0.429. The number of hydrogen-bond donors (Lipinski definition) is 2. The molecule has 2 rings (SSSR count). The predicted molar refractivity (Wildman–Crippen MR) is 94.0 cm³/mol. The summed E-state index contributed by atoms with van der Waals surface area (Å²) in [7, 11) is -1.85. The third kappa shape index (κ3) is 5.42. The average molecular weight is 395 g/mol. The van der Waals surface area contributed by atoms with Crippen LogP contribution in [0.25, 0.3) is 0 Å².